The lowest BCUT2D eigenvalue weighted by Gasteiger charge is -2.19. The second-order valence-corrected chi connectivity index (χ2v) is 8.39. The van der Waals surface area contributed by atoms with Crippen molar-refractivity contribution >= 4 is 23.1 Å². The van der Waals surface area contributed by atoms with Crippen molar-refractivity contribution in [1.29, 1.82) is 0 Å². The van der Waals surface area contributed by atoms with Crippen LogP contribution >= 0.6 is 23.1 Å². The molecular formula is C14H24N2S2. The van der Waals surface area contributed by atoms with E-state index in [-0.39, 0.29) is 5.41 Å². The maximum atomic E-state index is 4.98. The van der Waals surface area contributed by atoms with Gasteiger partial charge in [0.25, 0.3) is 0 Å². The van der Waals surface area contributed by atoms with Gasteiger partial charge in [0.05, 0.1) is 10.9 Å². The fraction of sp³-hybridized carbons (Fsp3) is 0.786. The van der Waals surface area contributed by atoms with Gasteiger partial charge in [-0.15, -0.1) is 11.3 Å². The van der Waals surface area contributed by atoms with Crippen molar-refractivity contribution in [3.63, 3.8) is 0 Å². The number of hydrogen-bond acceptors (Lipinski definition) is 4. The number of nitrogens with one attached hydrogen (secondary N) is 1. The zero-order valence-electron chi connectivity index (χ0n) is 11.9. The Kier molecular flexibility index (Phi) is 4.73. The Bertz CT molecular complexity index is 387. The van der Waals surface area contributed by atoms with E-state index >= 15 is 0 Å². The highest BCUT2D eigenvalue weighted by atomic mass is 32.2. The molecule has 0 amide bonds. The van der Waals surface area contributed by atoms with Crippen LogP contribution in [0.1, 0.15) is 60.9 Å². The third kappa shape index (κ3) is 3.28. The number of nitrogens with zero attached hydrogens (tertiary/aromatic N) is 1. The molecule has 102 valence electrons. The van der Waals surface area contributed by atoms with E-state index in [4.69, 9.17) is 4.98 Å². The molecule has 1 aliphatic heterocycles. The molecule has 1 aromatic heterocycles. The van der Waals surface area contributed by atoms with Crippen molar-refractivity contribution in [3.8, 4) is 0 Å². The molecule has 0 aromatic carbocycles. The van der Waals surface area contributed by atoms with Gasteiger partial charge in [-0.25, -0.2) is 4.98 Å². The smallest absolute Gasteiger partial charge is 0.106 e. The summed E-state index contributed by atoms with van der Waals surface area (Å²) in [5, 5.41) is 5.28. The first-order chi connectivity index (χ1) is 8.52. The minimum absolute atomic E-state index is 0.153. The summed E-state index contributed by atoms with van der Waals surface area (Å²) in [6.45, 7) is 7.73. The summed E-state index contributed by atoms with van der Waals surface area (Å²) < 4.78 is 0. The Morgan fingerprint density at radius 1 is 1.33 bits per heavy atom. The summed E-state index contributed by atoms with van der Waals surface area (Å²) >= 11 is 4.02. The summed E-state index contributed by atoms with van der Waals surface area (Å²) in [4.78, 5) is 6.40. The second-order valence-electron chi connectivity index (χ2n) is 5.96. The van der Waals surface area contributed by atoms with Crippen LogP contribution in [0.25, 0.3) is 0 Å². The van der Waals surface area contributed by atoms with Crippen LogP contribution in [0.5, 0.6) is 0 Å². The normalized spacial score (nSPS) is 21.2. The van der Waals surface area contributed by atoms with E-state index in [0.29, 0.717) is 5.25 Å². The molecular weight excluding hydrogens is 260 g/mol. The molecule has 0 saturated carbocycles. The van der Waals surface area contributed by atoms with Crippen LogP contribution < -0.4 is 5.32 Å². The molecule has 1 saturated heterocycles. The van der Waals surface area contributed by atoms with Gasteiger partial charge in [-0.05, 0) is 25.6 Å². The van der Waals surface area contributed by atoms with Crippen LogP contribution in [0.15, 0.2) is 0 Å². The van der Waals surface area contributed by atoms with Gasteiger partial charge in [0.2, 0.25) is 0 Å². The molecule has 0 aliphatic carbocycles. The lowest BCUT2D eigenvalue weighted by Crippen LogP contribution is -2.16. The maximum Gasteiger partial charge on any atom is 0.106 e. The molecule has 0 radical (unpaired) electrons. The Labute approximate surface area is 119 Å². The largest absolute Gasteiger partial charge is 0.315 e. The predicted octanol–water partition coefficient (Wildman–Crippen LogP) is 4.12. The van der Waals surface area contributed by atoms with E-state index in [0.717, 1.165) is 6.54 Å². The van der Waals surface area contributed by atoms with Crippen molar-refractivity contribution in [1.82, 2.24) is 10.3 Å². The Hall–Kier alpha value is -0.0600. The molecule has 4 heteroatoms. The van der Waals surface area contributed by atoms with Crippen molar-refractivity contribution in [2.45, 2.75) is 57.2 Å². The molecule has 18 heavy (non-hydrogen) atoms. The summed E-state index contributed by atoms with van der Waals surface area (Å²) in [7, 11) is 2.02. The number of thioether (sulfide) groups is 1. The lowest BCUT2D eigenvalue weighted by molar-refractivity contribution is 0.559. The highest BCUT2D eigenvalue weighted by Gasteiger charge is 2.26. The van der Waals surface area contributed by atoms with Gasteiger partial charge in [0.15, 0.2) is 0 Å². The van der Waals surface area contributed by atoms with Crippen LogP contribution in [-0.4, -0.2) is 17.8 Å². The van der Waals surface area contributed by atoms with Gasteiger partial charge in [0, 0.05) is 16.8 Å². The van der Waals surface area contributed by atoms with Crippen LogP contribution in [0.2, 0.25) is 0 Å². The monoisotopic (exact) mass is 284 g/mol. The molecule has 0 bridgehead atoms. The molecule has 0 spiro atoms. The third-order valence-electron chi connectivity index (χ3n) is 3.22. The minimum atomic E-state index is 0.153. The Morgan fingerprint density at radius 2 is 2.11 bits per heavy atom. The van der Waals surface area contributed by atoms with E-state index in [1.165, 1.54) is 40.6 Å². The molecule has 1 aromatic rings. The maximum absolute atomic E-state index is 4.98. The molecule has 1 unspecified atom stereocenters. The quantitative estimate of drug-likeness (QED) is 0.904. The first-order valence-electron chi connectivity index (χ1n) is 6.78. The number of hydrogen-bond donors (Lipinski definition) is 1. The SMILES string of the molecule is CNCc1sc(C2CCCCS2)nc1C(C)(C)C. The third-order valence-corrected chi connectivity index (χ3v) is 5.92. The van der Waals surface area contributed by atoms with Gasteiger partial charge in [-0.2, -0.15) is 11.8 Å². The van der Waals surface area contributed by atoms with Crippen LogP contribution in [0.3, 0.4) is 0 Å². The number of rotatable bonds is 3. The number of thiazole rings is 1. The van der Waals surface area contributed by atoms with E-state index in [9.17, 15) is 0 Å². The highest BCUT2D eigenvalue weighted by molar-refractivity contribution is 7.99. The topological polar surface area (TPSA) is 24.9 Å². The van der Waals surface area contributed by atoms with Gasteiger partial charge < -0.3 is 5.32 Å². The Balaban J connectivity index is 2.26. The standard InChI is InChI=1S/C14H24N2S2/c1-14(2,3)12-11(9-15-4)18-13(16-12)10-7-5-6-8-17-10/h10,15H,5-9H2,1-4H3. The van der Waals surface area contributed by atoms with Crippen LogP contribution in [0.4, 0.5) is 0 Å². The zero-order valence-corrected chi connectivity index (χ0v) is 13.5. The molecule has 2 rings (SSSR count). The predicted molar refractivity (Wildman–Crippen MR) is 82.6 cm³/mol. The molecule has 1 aliphatic rings. The molecule has 1 fully saturated rings. The van der Waals surface area contributed by atoms with Gasteiger partial charge in [-0.3, -0.25) is 0 Å². The van der Waals surface area contributed by atoms with E-state index < -0.39 is 0 Å². The molecule has 2 heterocycles. The van der Waals surface area contributed by atoms with Gasteiger partial charge >= 0.3 is 0 Å². The van der Waals surface area contributed by atoms with E-state index in [1.807, 2.05) is 18.4 Å². The summed E-state index contributed by atoms with van der Waals surface area (Å²) in [5.74, 6) is 1.30. The summed E-state index contributed by atoms with van der Waals surface area (Å²) in [6.07, 6.45) is 4.05. The fourth-order valence-electron chi connectivity index (χ4n) is 2.31. The van der Waals surface area contributed by atoms with Crippen molar-refractivity contribution in [2.75, 3.05) is 12.8 Å². The van der Waals surface area contributed by atoms with Crippen LogP contribution in [0, 0.1) is 0 Å². The molecule has 1 atom stereocenters. The van der Waals surface area contributed by atoms with Crippen molar-refractivity contribution < 1.29 is 0 Å². The van der Waals surface area contributed by atoms with Crippen molar-refractivity contribution in [3.05, 3.63) is 15.6 Å². The lowest BCUT2D eigenvalue weighted by atomic mass is 9.91. The molecule has 2 nitrogen and oxygen atoms in total. The minimum Gasteiger partial charge on any atom is -0.315 e. The first-order valence-corrected chi connectivity index (χ1v) is 8.65. The van der Waals surface area contributed by atoms with Crippen molar-refractivity contribution in [2.24, 2.45) is 0 Å². The zero-order chi connectivity index (χ0) is 13.2. The first kappa shape index (κ1) is 14.4. The van der Waals surface area contributed by atoms with Gasteiger partial charge in [-0.1, -0.05) is 27.2 Å². The average Bonchev–Trinajstić information content (AvgIpc) is 2.75. The van der Waals surface area contributed by atoms with E-state index in [1.54, 1.807) is 0 Å². The van der Waals surface area contributed by atoms with Gasteiger partial charge in [0.1, 0.15) is 5.01 Å². The summed E-state index contributed by atoms with van der Waals surface area (Å²) in [6, 6.07) is 0. The van der Waals surface area contributed by atoms with Crippen LogP contribution in [-0.2, 0) is 12.0 Å². The fourth-order valence-corrected chi connectivity index (χ4v) is 5.15. The van der Waals surface area contributed by atoms with E-state index in [2.05, 4.69) is 37.8 Å². The average molecular weight is 284 g/mol. The Morgan fingerprint density at radius 3 is 2.67 bits per heavy atom. The highest BCUT2D eigenvalue weighted by Crippen LogP contribution is 2.42. The second kappa shape index (κ2) is 5.93. The number of aromatic nitrogens is 1. The molecule has 1 N–H and O–H groups in total. The summed E-state index contributed by atoms with van der Waals surface area (Å²) in [5.41, 5.74) is 1.45.